The van der Waals surface area contributed by atoms with Crippen molar-refractivity contribution in [1.29, 1.82) is 0 Å². The van der Waals surface area contributed by atoms with Crippen molar-refractivity contribution in [3.8, 4) is 11.3 Å². The van der Waals surface area contributed by atoms with Gasteiger partial charge in [0.2, 0.25) is 5.91 Å². The summed E-state index contributed by atoms with van der Waals surface area (Å²) in [6.45, 7) is 0.838. The molecule has 0 aliphatic heterocycles. The van der Waals surface area contributed by atoms with Crippen LogP contribution in [0.5, 0.6) is 0 Å². The maximum atomic E-state index is 13.1. The second kappa shape index (κ2) is 8.43. The highest BCUT2D eigenvalue weighted by molar-refractivity contribution is 5.90. The molecule has 0 aromatic carbocycles. The lowest BCUT2D eigenvalue weighted by Gasteiger charge is -2.10. The molecule has 0 atom stereocenters. The Balaban J connectivity index is 1.78. The number of unbranched alkanes of at least 4 members (excludes halogenated alkanes) is 1. The van der Waals surface area contributed by atoms with Gasteiger partial charge in [-0.15, -0.1) is 0 Å². The largest absolute Gasteiger partial charge is 0.419 e. The molecule has 3 aromatic rings. The zero-order chi connectivity index (χ0) is 21.0. The first-order valence-electron chi connectivity index (χ1n) is 8.92. The van der Waals surface area contributed by atoms with E-state index in [1.54, 1.807) is 6.07 Å². The number of anilines is 2. The Hall–Kier alpha value is -3.21. The third-order valence-electron chi connectivity index (χ3n) is 4.19. The lowest BCUT2D eigenvalue weighted by Crippen LogP contribution is -2.13. The summed E-state index contributed by atoms with van der Waals surface area (Å²) >= 11 is 0. The molecule has 1 amide bonds. The molecule has 11 heteroatoms. The van der Waals surface area contributed by atoms with Crippen LogP contribution in [0, 0.1) is 0 Å². The van der Waals surface area contributed by atoms with E-state index in [0.29, 0.717) is 17.9 Å². The molecule has 29 heavy (non-hydrogen) atoms. The lowest BCUT2D eigenvalue weighted by molar-refractivity contribution is -0.137. The maximum Gasteiger partial charge on any atom is 0.419 e. The Morgan fingerprint density at radius 3 is 2.79 bits per heavy atom. The maximum absolute atomic E-state index is 13.1. The number of alkyl halides is 3. The first-order chi connectivity index (χ1) is 13.8. The molecule has 0 aliphatic rings. The van der Waals surface area contributed by atoms with Gasteiger partial charge in [0.25, 0.3) is 0 Å². The summed E-state index contributed by atoms with van der Waals surface area (Å²) in [7, 11) is 1.85. The van der Waals surface area contributed by atoms with E-state index in [2.05, 4.69) is 25.7 Å². The predicted molar refractivity (Wildman–Crippen MR) is 102 cm³/mol. The van der Waals surface area contributed by atoms with Crippen LogP contribution in [-0.4, -0.2) is 39.1 Å². The molecular formula is C18H20F3N7O. The SMILES string of the molecule is CNCCCCC(=O)Nc1cn2nc(-c3cnc(N)c(C(F)(F)F)c3)ccc2n1. The molecule has 0 spiro atoms. The number of fused-ring (bicyclic) bond motifs is 1. The number of nitrogen functional groups attached to an aromatic ring is 1. The molecule has 0 unspecified atom stereocenters. The van der Waals surface area contributed by atoms with Crippen LogP contribution >= 0.6 is 0 Å². The number of aromatic nitrogens is 4. The molecule has 4 N–H and O–H groups in total. The summed E-state index contributed by atoms with van der Waals surface area (Å²) < 4.78 is 40.5. The van der Waals surface area contributed by atoms with Crippen molar-refractivity contribution < 1.29 is 18.0 Å². The normalized spacial score (nSPS) is 11.7. The van der Waals surface area contributed by atoms with Crippen LogP contribution in [0.4, 0.5) is 24.8 Å². The van der Waals surface area contributed by atoms with E-state index in [9.17, 15) is 18.0 Å². The van der Waals surface area contributed by atoms with E-state index < -0.39 is 17.6 Å². The van der Waals surface area contributed by atoms with Crippen LogP contribution in [0.2, 0.25) is 0 Å². The monoisotopic (exact) mass is 407 g/mol. The number of nitrogens with two attached hydrogens (primary N) is 1. The van der Waals surface area contributed by atoms with Gasteiger partial charge in [-0.05, 0) is 44.6 Å². The van der Waals surface area contributed by atoms with Crippen molar-refractivity contribution >= 4 is 23.2 Å². The molecular weight excluding hydrogens is 387 g/mol. The van der Waals surface area contributed by atoms with Gasteiger partial charge in [0.1, 0.15) is 5.82 Å². The Labute approximate surface area is 164 Å². The number of nitrogens with zero attached hydrogens (tertiary/aromatic N) is 4. The fraction of sp³-hybridized carbons (Fsp3) is 0.333. The third kappa shape index (κ3) is 4.99. The highest BCUT2D eigenvalue weighted by atomic mass is 19.4. The van der Waals surface area contributed by atoms with Gasteiger partial charge < -0.3 is 16.4 Å². The van der Waals surface area contributed by atoms with E-state index in [1.807, 2.05) is 7.05 Å². The molecule has 3 heterocycles. The van der Waals surface area contributed by atoms with Gasteiger partial charge in [-0.1, -0.05) is 0 Å². The van der Waals surface area contributed by atoms with Crippen molar-refractivity contribution in [2.24, 2.45) is 0 Å². The summed E-state index contributed by atoms with van der Waals surface area (Å²) in [5, 5.41) is 9.97. The van der Waals surface area contributed by atoms with Gasteiger partial charge in [0.05, 0.1) is 17.5 Å². The van der Waals surface area contributed by atoms with Crippen molar-refractivity contribution in [3.63, 3.8) is 0 Å². The Morgan fingerprint density at radius 1 is 1.28 bits per heavy atom. The molecule has 3 aromatic heterocycles. The summed E-state index contributed by atoms with van der Waals surface area (Å²) in [5.41, 5.74) is 5.18. The zero-order valence-corrected chi connectivity index (χ0v) is 15.6. The molecule has 0 fully saturated rings. The Kier molecular flexibility index (Phi) is 5.97. The van der Waals surface area contributed by atoms with Crippen LogP contribution in [0.25, 0.3) is 16.9 Å². The van der Waals surface area contributed by atoms with Gasteiger partial charge in [-0.2, -0.15) is 18.3 Å². The number of carbonyl (C=O) groups excluding carboxylic acids is 1. The predicted octanol–water partition coefficient (Wildman–Crippen LogP) is 2.72. The zero-order valence-electron chi connectivity index (χ0n) is 15.6. The number of hydrogen-bond acceptors (Lipinski definition) is 6. The highest BCUT2D eigenvalue weighted by Gasteiger charge is 2.34. The van der Waals surface area contributed by atoms with Crippen LogP contribution in [0.15, 0.2) is 30.6 Å². The number of halogens is 3. The number of amides is 1. The van der Waals surface area contributed by atoms with Crippen LogP contribution < -0.4 is 16.4 Å². The fourth-order valence-electron chi connectivity index (χ4n) is 2.73. The van der Waals surface area contributed by atoms with Crippen LogP contribution in [0.1, 0.15) is 24.8 Å². The summed E-state index contributed by atoms with van der Waals surface area (Å²) in [6, 6.07) is 4.02. The average Bonchev–Trinajstić information content (AvgIpc) is 3.06. The van der Waals surface area contributed by atoms with Crippen molar-refractivity contribution in [2.75, 3.05) is 24.6 Å². The number of imidazole rings is 1. The molecule has 3 rings (SSSR count). The third-order valence-corrected chi connectivity index (χ3v) is 4.19. The van der Waals surface area contributed by atoms with E-state index in [-0.39, 0.29) is 17.2 Å². The van der Waals surface area contributed by atoms with Crippen molar-refractivity contribution in [3.05, 3.63) is 36.2 Å². The second-order valence-corrected chi connectivity index (χ2v) is 6.41. The first kappa shape index (κ1) is 20.5. The fourth-order valence-corrected chi connectivity index (χ4v) is 2.73. The molecule has 0 saturated heterocycles. The minimum absolute atomic E-state index is 0.164. The van der Waals surface area contributed by atoms with E-state index in [4.69, 9.17) is 5.73 Å². The summed E-state index contributed by atoms with van der Waals surface area (Å²) in [6.07, 6.45) is 0.106. The Morgan fingerprint density at radius 2 is 2.07 bits per heavy atom. The van der Waals surface area contributed by atoms with Crippen LogP contribution in [0.3, 0.4) is 0 Å². The summed E-state index contributed by atoms with van der Waals surface area (Å²) in [5.74, 6) is -0.438. The number of pyridine rings is 1. The average molecular weight is 407 g/mol. The minimum atomic E-state index is -4.61. The number of nitrogens with one attached hydrogen (secondary N) is 2. The smallest absolute Gasteiger partial charge is 0.383 e. The molecule has 8 nitrogen and oxygen atoms in total. The highest BCUT2D eigenvalue weighted by Crippen LogP contribution is 2.34. The molecule has 0 aliphatic carbocycles. The molecule has 0 bridgehead atoms. The van der Waals surface area contributed by atoms with Gasteiger partial charge in [-0.3, -0.25) is 4.79 Å². The van der Waals surface area contributed by atoms with E-state index in [1.165, 1.54) is 23.0 Å². The van der Waals surface area contributed by atoms with Gasteiger partial charge in [0, 0.05) is 18.2 Å². The van der Waals surface area contributed by atoms with Gasteiger partial charge >= 0.3 is 6.18 Å². The topological polar surface area (TPSA) is 110 Å². The Bertz CT molecular complexity index is 1020. The molecule has 0 radical (unpaired) electrons. The van der Waals surface area contributed by atoms with Gasteiger partial charge in [-0.25, -0.2) is 14.5 Å². The van der Waals surface area contributed by atoms with Gasteiger partial charge in [0.15, 0.2) is 11.5 Å². The molecule has 0 saturated carbocycles. The van der Waals surface area contributed by atoms with Crippen molar-refractivity contribution in [2.45, 2.75) is 25.4 Å². The van der Waals surface area contributed by atoms with Crippen LogP contribution in [-0.2, 0) is 11.0 Å². The number of rotatable bonds is 7. The van der Waals surface area contributed by atoms with E-state index in [0.717, 1.165) is 25.5 Å². The number of hydrogen-bond donors (Lipinski definition) is 3. The van der Waals surface area contributed by atoms with Crippen molar-refractivity contribution in [1.82, 2.24) is 24.9 Å². The number of carbonyl (C=O) groups is 1. The van der Waals surface area contributed by atoms with E-state index >= 15 is 0 Å². The minimum Gasteiger partial charge on any atom is -0.383 e. The quantitative estimate of drug-likeness (QED) is 0.520. The standard InChI is InChI=1S/C18H20F3N7O/c1-23-7-3-2-4-16(29)26-14-10-28-15(25-14)6-5-13(27-28)11-8-12(18(19,20)21)17(22)24-9-11/h5-6,8-10,23H,2-4,7H2,1H3,(H2,22,24)(H,26,29). The summed E-state index contributed by atoms with van der Waals surface area (Å²) in [4.78, 5) is 19.8. The second-order valence-electron chi connectivity index (χ2n) is 6.41. The lowest BCUT2D eigenvalue weighted by atomic mass is 10.1. The molecule has 154 valence electrons. The first-order valence-corrected chi connectivity index (χ1v) is 8.92.